The van der Waals surface area contributed by atoms with Crippen LogP contribution in [0, 0.1) is 0 Å². The Balaban J connectivity index is 1.40. The van der Waals surface area contributed by atoms with E-state index in [1.54, 1.807) is 30.3 Å². The fourth-order valence-electron chi connectivity index (χ4n) is 4.23. The zero-order valence-electron chi connectivity index (χ0n) is 22.8. The number of ether oxygens (including phenoxy) is 4. The van der Waals surface area contributed by atoms with Crippen molar-refractivity contribution in [3.05, 3.63) is 119 Å². The van der Waals surface area contributed by atoms with Gasteiger partial charge in [0.25, 0.3) is 5.76 Å². The Hall–Kier alpha value is -5.51. The molecule has 0 saturated heterocycles. The van der Waals surface area contributed by atoms with Gasteiger partial charge in [0, 0.05) is 12.1 Å². The van der Waals surface area contributed by atoms with E-state index in [2.05, 4.69) is 0 Å². The lowest BCUT2D eigenvalue weighted by Crippen LogP contribution is -2.15. The highest BCUT2D eigenvalue weighted by Crippen LogP contribution is 2.39. The number of alkyl halides is 3. The Kier molecular flexibility index (Phi) is 8.20. The first-order valence-electron chi connectivity index (χ1n) is 12.8. The standard InChI is InChI=1S/C33H23F3O7/c1-39-26-16-8-20(18-28(26)40-2)9-17-29(37)41-24-14-15-25-27(19-24)43-32(33(34,35)36)31(30(25)38)42-23-12-10-22(11-13-23)21-6-4-3-5-7-21/h3-19H,1-2H3/b17-9+. The van der Waals surface area contributed by atoms with Crippen molar-refractivity contribution in [2.45, 2.75) is 6.18 Å². The van der Waals surface area contributed by atoms with Crippen LogP contribution >= 0.6 is 0 Å². The predicted molar refractivity (Wildman–Crippen MR) is 154 cm³/mol. The average molecular weight is 589 g/mol. The molecule has 0 aliphatic heterocycles. The Morgan fingerprint density at radius 3 is 2.14 bits per heavy atom. The summed E-state index contributed by atoms with van der Waals surface area (Å²) in [5.74, 6) is -2.58. The molecule has 43 heavy (non-hydrogen) atoms. The topological polar surface area (TPSA) is 84.2 Å². The first kappa shape index (κ1) is 29.0. The van der Waals surface area contributed by atoms with Crippen LogP contribution in [-0.4, -0.2) is 20.2 Å². The molecule has 1 heterocycles. The lowest BCUT2D eigenvalue weighted by atomic mass is 10.1. The van der Waals surface area contributed by atoms with Crippen LogP contribution in [0.1, 0.15) is 11.3 Å². The number of fused-ring (bicyclic) bond motifs is 1. The molecular formula is C33H23F3O7. The SMILES string of the molecule is COc1ccc(/C=C/C(=O)Oc2ccc3c(=O)c(Oc4ccc(-c5ccccc5)cc4)c(C(F)(F)F)oc3c2)cc1OC. The minimum absolute atomic E-state index is 0.0173. The van der Waals surface area contributed by atoms with Crippen molar-refractivity contribution < 1.29 is 41.3 Å². The molecule has 1 aromatic heterocycles. The zero-order chi connectivity index (χ0) is 30.6. The molecule has 218 valence electrons. The largest absolute Gasteiger partial charge is 0.493 e. The summed E-state index contributed by atoms with van der Waals surface area (Å²) in [6.07, 6.45) is -2.46. The maximum Gasteiger partial charge on any atom is 0.453 e. The highest BCUT2D eigenvalue weighted by atomic mass is 19.4. The summed E-state index contributed by atoms with van der Waals surface area (Å²) in [6.45, 7) is 0. The molecule has 0 bridgehead atoms. The number of hydrogen-bond donors (Lipinski definition) is 0. The van der Waals surface area contributed by atoms with Crippen molar-refractivity contribution in [1.82, 2.24) is 0 Å². The maximum absolute atomic E-state index is 14.0. The molecule has 4 aromatic carbocycles. The van der Waals surface area contributed by atoms with Crippen LogP contribution < -0.4 is 24.4 Å². The van der Waals surface area contributed by atoms with E-state index in [0.29, 0.717) is 17.1 Å². The number of esters is 1. The molecule has 10 heteroatoms. The monoisotopic (exact) mass is 588 g/mol. The first-order valence-corrected chi connectivity index (χ1v) is 12.8. The molecule has 0 aliphatic carbocycles. The molecule has 5 aromatic rings. The van der Waals surface area contributed by atoms with Gasteiger partial charge in [-0.05, 0) is 59.2 Å². The summed E-state index contributed by atoms with van der Waals surface area (Å²) in [7, 11) is 2.97. The summed E-state index contributed by atoms with van der Waals surface area (Å²) in [4.78, 5) is 25.6. The maximum atomic E-state index is 14.0. The number of rotatable bonds is 8. The summed E-state index contributed by atoms with van der Waals surface area (Å²) in [5, 5.41) is -0.190. The fourth-order valence-corrected chi connectivity index (χ4v) is 4.23. The van der Waals surface area contributed by atoms with Gasteiger partial charge in [0.2, 0.25) is 11.2 Å². The average Bonchev–Trinajstić information content (AvgIpc) is 3.01. The summed E-state index contributed by atoms with van der Waals surface area (Å²) >= 11 is 0. The van der Waals surface area contributed by atoms with E-state index < -0.39 is 34.7 Å². The minimum Gasteiger partial charge on any atom is -0.493 e. The molecule has 0 unspecified atom stereocenters. The molecule has 0 atom stereocenters. The number of carbonyl (C=O) groups excluding carboxylic acids is 1. The Morgan fingerprint density at radius 2 is 1.47 bits per heavy atom. The number of carbonyl (C=O) groups is 1. The van der Waals surface area contributed by atoms with Gasteiger partial charge in [0.1, 0.15) is 17.1 Å². The highest BCUT2D eigenvalue weighted by Gasteiger charge is 2.40. The Bertz CT molecular complexity index is 1860. The minimum atomic E-state index is -5.05. The van der Waals surface area contributed by atoms with Crippen LogP contribution in [0.3, 0.4) is 0 Å². The van der Waals surface area contributed by atoms with Crippen molar-refractivity contribution in [1.29, 1.82) is 0 Å². The summed E-state index contributed by atoms with van der Waals surface area (Å²) < 4.78 is 68.2. The summed E-state index contributed by atoms with van der Waals surface area (Å²) in [5.41, 5.74) is 0.861. The van der Waals surface area contributed by atoms with E-state index >= 15 is 0 Å². The van der Waals surface area contributed by atoms with Gasteiger partial charge in [-0.3, -0.25) is 4.79 Å². The zero-order valence-corrected chi connectivity index (χ0v) is 22.8. The second-order valence-corrected chi connectivity index (χ2v) is 9.11. The van der Waals surface area contributed by atoms with Gasteiger partial charge >= 0.3 is 12.1 Å². The third kappa shape index (κ3) is 6.54. The van der Waals surface area contributed by atoms with Crippen LogP contribution in [0.5, 0.6) is 28.7 Å². The van der Waals surface area contributed by atoms with Crippen LogP contribution in [0.2, 0.25) is 0 Å². The van der Waals surface area contributed by atoms with Gasteiger partial charge in [0.15, 0.2) is 11.5 Å². The summed E-state index contributed by atoms with van der Waals surface area (Å²) in [6, 6.07) is 24.1. The van der Waals surface area contributed by atoms with Gasteiger partial charge in [0.05, 0.1) is 19.6 Å². The number of halogens is 3. The van der Waals surface area contributed by atoms with Gasteiger partial charge in [-0.15, -0.1) is 0 Å². The molecule has 0 saturated carbocycles. The van der Waals surface area contributed by atoms with E-state index in [9.17, 15) is 22.8 Å². The molecule has 5 rings (SSSR count). The fraction of sp³-hybridized carbons (Fsp3) is 0.0909. The molecule has 0 amide bonds. The normalized spacial score (nSPS) is 11.5. The van der Waals surface area contributed by atoms with Crippen LogP contribution in [-0.2, 0) is 11.0 Å². The second kappa shape index (κ2) is 12.2. The van der Waals surface area contributed by atoms with Crippen molar-refractivity contribution in [2.24, 2.45) is 0 Å². The lowest BCUT2D eigenvalue weighted by Gasteiger charge is -2.14. The lowest BCUT2D eigenvalue weighted by molar-refractivity contribution is -0.154. The molecule has 7 nitrogen and oxygen atoms in total. The quantitative estimate of drug-likeness (QED) is 0.103. The van der Waals surface area contributed by atoms with Crippen LogP contribution in [0.25, 0.3) is 28.2 Å². The van der Waals surface area contributed by atoms with Gasteiger partial charge in [-0.1, -0.05) is 48.5 Å². The smallest absolute Gasteiger partial charge is 0.453 e. The van der Waals surface area contributed by atoms with Gasteiger partial charge in [-0.2, -0.15) is 13.2 Å². The molecule has 0 aliphatic rings. The van der Waals surface area contributed by atoms with Gasteiger partial charge < -0.3 is 23.4 Å². The van der Waals surface area contributed by atoms with Crippen molar-refractivity contribution >= 4 is 23.0 Å². The predicted octanol–water partition coefficient (Wildman–Crippen LogP) is 7.91. The van der Waals surface area contributed by atoms with E-state index in [0.717, 1.165) is 23.3 Å². The molecule has 0 N–H and O–H groups in total. The van der Waals surface area contributed by atoms with E-state index in [-0.39, 0.29) is 16.9 Å². The molecule has 0 spiro atoms. The van der Waals surface area contributed by atoms with E-state index in [4.69, 9.17) is 23.4 Å². The number of methoxy groups -OCH3 is 2. The first-order chi connectivity index (χ1) is 20.7. The Labute approximate surface area is 243 Å². The molecule has 0 fully saturated rings. The third-order valence-electron chi connectivity index (χ3n) is 6.30. The molecule has 0 radical (unpaired) electrons. The van der Waals surface area contributed by atoms with Crippen molar-refractivity contribution in [3.8, 4) is 39.9 Å². The molecular weight excluding hydrogens is 565 g/mol. The van der Waals surface area contributed by atoms with Crippen molar-refractivity contribution in [2.75, 3.05) is 14.2 Å². The van der Waals surface area contributed by atoms with Crippen molar-refractivity contribution in [3.63, 3.8) is 0 Å². The van der Waals surface area contributed by atoms with E-state index in [1.165, 1.54) is 44.6 Å². The number of benzene rings is 4. The third-order valence-corrected chi connectivity index (χ3v) is 6.30. The second-order valence-electron chi connectivity index (χ2n) is 9.11. The highest BCUT2D eigenvalue weighted by molar-refractivity contribution is 5.89. The Morgan fingerprint density at radius 1 is 0.791 bits per heavy atom. The van der Waals surface area contributed by atoms with E-state index in [1.807, 2.05) is 30.3 Å². The number of hydrogen-bond acceptors (Lipinski definition) is 7. The van der Waals surface area contributed by atoms with Crippen LogP contribution in [0.4, 0.5) is 13.2 Å². The van der Waals surface area contributed by atoms with Gasteiger partial charge in [-0.25, -0.2) is 4.79 Å². The van der Waals surface area contributed by atoms with Crippen LogP contribution in [0.15, 0.2) is 106 Å².